The number of aromatic amines is 1. The number of nitrogens with one attached hydrogen (secondary N) is 2. The molecular formula is C30H41ClN4O8S. The third-order valence-corrected chi connectivity index (χ3v) is 7.96. The van der Waals surface area contributed by atoms with Crippen molar-refractivity contribution in [3.63, 3.8) is 0 Å². The van der Waals surface area contributed by atoms with E-state index in [0.717, 1.165) is 59.6 Å². The fourth-order valence-electron chi connectivity index (χ4n) is 4.30. The third-order valence-electron chi connectivity index (χ3n) is 6.77. The molecule has 1 amide bonds. The molecule has 0 radical (unpaired) electrons. The number of H-pyrrole nitrogens is 1. The molecule has 0 spiro atoms. The van der Waals surface area contributed by atoms with Crippen LogP contribution in [0.5, 0.6) is 5.75 Å². The summed E-state index contributed by atoms with van der Waals surface area (Å²) in [6, 6.07) is 11.2. The topological polar surface area (TPSA) is 172 Å². The molecule has 0 atom stereocenters. The lowest BCUT2D eigenvalue weighted by atomic mass is 10.1. The van der Waals surface area contributed by atoms with Crippen molar-refractivity contribution in [2.24, 2.45) is 0 Å². The zero-order valence-electron chi connectivity index (χ0n) is 25.0. The number of aromatic hydroxyl groups is 1. The second-order valence-corrected chi connectivity index (χ2v) is 11.1. The Morgan fingerprint density at radius 2 is 1.70 bits per heavy atom. The van der Waals surface area contributed by atoms with Crippen LogP contribution in [-0.4, -0.2) is 107 Å². The number of fused-ring (bicyclic) bond motifs is 1. The van der Waals surface area contributed by atoms with Crippen molar-refractivity contribution in [3.05, 3.63) is 62.2 Å². The zero-order chi connectivity index (χ0) is 32.5. The Morgan fingerprint density at radius 3 is 2.36 bits per heavy atom. The predicted molar refractivity (Wildman–Crippen MR) is 171 cm³/mol. The molecule has 5 N–H and O–H groups in total. The minimum absolute atomic E-state index is 0.0888. The van der Waals surface area contributed by atoms with Crippen molar-refractivity contribution in [2.45, 2.75) is 33.1 Å². The highest BCUT2D eigenvalue weighted by atomic mass is 35.5. The molecule has 1 heterocycles. The van der Waals surface area contributed by atoms with Crippen LogP contribution in [0.1, 0.15) is 31.4 Å². The van der Waals surface area contributed by atoms with E-state index in [1.807, 2.05) is 35.2 Å². The van der Waals surface area contributed by atoms with Gasteiger partial charge in [0.05, 0.1) is 24.3 Å². The lowest BCUT2D eigenvalue weighted by Crippen LogP contribution is -2.42. The minimum Gasteiger partial charge on any atom is -0.506 e. The number of nitrogens with zero attached hydrogens (tertiary/aromatic N) is 2. The summed E-state index contributed by atoms with van der Waals surface area (Å²) in [6.07, 6.45) is 1.83. The molecular weight excluding hydrogens is 612 g/mol. The number of hydrogen-bond acceptors (Lipinski definition) is 9. The lowest BCUT2D eigenvalue weighted by Gasteiger charge is -2.27. The van der Waals surface area contributed by atoms with Gasteiger partial charge < -0.3 is 40.2 Å². The fraction of sp³-hybridized carbons (Fsp3) is 0.467. The Hall–Kier alpha value is -3.49. The van der Waals surface area contributed by atoms with E-state index in [1.54, 1.807) is 6.07 Å². The number of phenols is 1. The average Bonchev–Trinajstić information content (AvgIpc) is 3.40. The Kier molecular flexibility index (Phi) is 16.4. The fourth-order valence-corrected chi connectivity index (χ4v) is 5.41. The van der Waals surface area contributed by atoms with Crippen LogP contribution in [0.15, 0.2) is 41.2 Å². The van der Waals surface area contributed by atoms with E-state index in [9.17, 15) is 14.7 Å². The normalized spacial score (nSPS) is 10.9. The third kappa shape index (κ3) is 13.0. The van der Waals surface area contributed by atoms with Gasteiger partial charge in [0.2, 0.25) is 5.91 Å². The van der Waals surface area contributed by atoms with Crippen LogP contribution >= 0.6 is 22.9 Å². The Balaban J connectivity index is 0.00000102. The smallest absolute Gasteiger partial charge is 0.414 e. The van der Waals surface area contributed by atoms with Crippen molar-refractivity contribution in [2.75, 3.05) is 59.0 Å². The molecule has 3 rings (SSSR count). The number of ether oxygens (including phenoxy) is 1. The summed E-state index contributed by atoms with van der Waals surface area (Å²) in [5, 5.41) is 28.9. The van der Waals surface area contributed by atoms with Gasteiger partial charge in [-0.2, -0.15) is 0 Å². The van der Waals surface area contributed by atoms with Gasteiger partial charge in [-0.3, -0.25) is 9.59 Å². The van der Waals surface area contributed by atoms with Crippen molar-refractivity contribution in [1.82, 2.24) is 20.1 Å². The van der Waals surface area contributed by atoms with Crippen LogP contribution in [-0.2, 0) is 32.0 Å². The molecule has 0 saturated carbocycles. The van der Waals surface area contributed by atoms with Crippen molar-refractivity contribution in [1.29, 1.82) is 0 Å². The Morgan fingerprint density at radius 1 is 0.977 bits per heavy atom. The Bertz CT molecular complexity index is 1400. The van der Waals surface area contributed by atoms with Gasteiger partial charge in [-0.25, -0.2) is 9.59 Å². The number of carboxylic acids is 2. The summed E-state index contributed by atoms with van der Waals surface area (Å²) in [6.45, 7) is 10.6. The molecule has 1 aromatic heterocycles. The van der Waals surface area contributed by atoms with Crippen LogP contribution in [0.2, 0.25) is 5.02 Å². The molecule has 2 aromatic carbocycles. The molecule has 0 unspecified atom stereocenters. The molecule has 0 saturated heterocycles. The first-order valence-electron chi connectivity index (χ1n) is 14.4. The van der Waals surface area contributed by atoms with Crippen molar-refractivity contribution in [3.8, 4) is 5.75 Å². The standard InChI is InChI=1S/C28H39ClN4O4S.C2H2O4/c1-3-32(4-2)16-17-33(25(35)12-19-37-18-11-21-6-5-7-23(29)20-21)15-14-30-13-10-22-8-9-24(34)26-27(22)38-28(36)31-26;3-1(4)2(5)6/h5-9,20,30,34H,3-4,10-19H2,1-2H3,(H,31,36);(H,3,4)(H,5,6). The number of thiazole rings is 1. The van der Waals surface area contributed by atoms with Gasteiger partial charge in [0.1, 0.15) is 11.3 Å². The minimum atomic E-state index is -1.82. The SMILES string of the molecule is CCN(CC)CCN(CCNCCc1ccc(O)c2[nH]c(=O)sc12)C(=O)CCOCCc1cccc(Cl)c1.O=C(O)C(=O)O. The molecule has 44 heavy (non-hydrogen) atoms. The first-order chi connectivity index (χ1) is 21.0. The number of amides is 1. The first-order valence-corrected chi connectivity index (χ1v) is 15.6. The maximum absolute atomic E-state index is 13.0. The van der Waals surface area contributed by atoms with Gasteiger partial charge in [0, 0.05) is 31.2 Å². The highest BCUT2D eigenvalue weighted by molar-refractivity contribution is 7.16. The maximum atomic E-state index is 13.0. The van der Waals surface area contributed by atoms with Crippen LogP contribution < -0.4 is 10.2 Å². The van der Waals surface area contributed by atoms with E-state index in [0.29, 0.717) is 56.4 Å². The number of carbonyl (C=O) groups is 3. The van der Waals surface area contributed by atoms with Crippen molar-refractivity contribution >= 4 is 51.0 Å². The van der Waals surface area contributed by atoms with E-state index in [1.165, 1.54) is 0 Å². The molecule has 0 aliphatic carbocycles. The predicted octanol–water partition coefficient (Wildman–Crippen LogP) is 3.06. The number of phenolic OH excluding ortho intramolecular Hbond substituents is 1. The van der Waals surface area contributed by atoms with Crippen LogP contribution in [0.4, 0.5) is 0 Å². The highest BCUT2D eigenvalue weighted by Gasteiger charge is 2.15. The van der Waals surface area contributed by atoms with Crippen LogP contribution in [0.25, 0.3) is 10.2 Å². The summed E-state index contributed by atoms with van der Waals surface area (Å²) >= 11 is 7.15. The molecule has 3 aromatic rings. The summed E-state index contributed by atoms with van der Waals surface area (Å²) in [4.78, 5) is 49.7. The van der Waals surface area contributed by atoms with E-state index in [-0.39, 0.29) is 16.5 Å². The maximum Gasteiger partial charge on any atom is 0.414 e. The van der Waals surface area contributed by atoms with Gasteiger partial charge in [-0.1, -0.05) is 55.0 Å². The van der Waals surface area contributed by atoms with Crippen molar-refractivity contribution < 1.29 is 34.4 Å². The van der Waals surface area contributed by atoms with Gasteiger partial charge >= 0.3 is 16.8 Å². The zero-order valence-corrected chi connectivity index (χ0v) is 26.6. The number of likely N-dealkylation sites (N-methyl/N-ethyl adjacent to an activating group) is 1. The number of carbonyl (C=O) groups excluding carboxylic acids is 1. The molecule has 242 valence electrons. The number of halogens is 1. The van der Waals surface area contributed by atoms with E-state index < -0.39 is 11.9 Å². The number of hydrogen-bond donors (Lipinski definition) is 5. The molecule has 0 aliphatic heterocycles. The largest absolute Gasteiger partial charge is 0.506 e. The lowest BCUT2D eigenvalue weighted by molar-refractivity contribution is -0.159. The van der Waals surface area contributed by atoms with E-state index in [2.05, 4.69) is 29.0 Å². The number of benzene rings is 2. The molecule has 14 heteroatoms. The summed E-state index contributed by atoms with van der Waals surface area (Å²) in [5.74, 6) is -3.46. The molecule has 0 aliphatic rings. The number of carboxylic acid groups (broad SMARTS) is 2. The van der Waals surface area contributed by atoms with Crippen LogP contribution in [0.3, 0.4) is 0 Å². The second kappa shape index (κ2) is 19.7. The van der Waals surface area contributed by atoms with Gasteiger partial charge in [-0.05, 0) is 61.8 Å². The van der Waals surface area contributed by atoms with Gasteiger partial charge in [0.15, 0.2) is 0 Å². The first kappa shape index (κ1) is 36.7. The Labute approximate surface area is 265 Å². The number of rotatable bonds is 17. The quantitative estimate of drug-likeness (QED) is 0.108. The van der Waals surface area contributed by atoms with E-state index >= 15 is 0 Å². The monoisotopic (exact) mass is 652 g/mol. The molecule has 0 fully saturated rings. The molecule has 12 nitrogen and oxygen atoms in total. The highest BCUT2D eigenvalue weighted by Crippen LogP contribution is 2.27. The van der Waals surface area contributed by atoms with E-state index in [4.69, 9.17) is 36.1 Å². The second-order valence-electron chi connectivity index (χ2n) is 9.72. The molecule has 0 bridgehead atoms. The van der Waals surface area contributed by atoms with Gasteiger partial charge in [0.25, 0.3) is 0 Å². The summed E-state index contributed by atoms with van der Waals surface area (Å²) in [7, 11) is 0. The van der Waals surface area contributed by atoms with Gasteiger partial charge in [-0.15, -0.1) is 0 Å². The summed E-state index contributed by atoms with van der Waals surface area (Å²) in [5.41, 5.74) is 2.63. The van der Waals surface area contributed by atoms with Crippen LogP contribution in [0, 0.1) is 0 Å². The average molecular weight is 653 g/mol. The number of aromatic nitrogens is 1. The number of aliphatic carboxylic acids is 2. The summed E-state index contributed by atoms with van der Waals surface area (Å²) < 4.78 is 6.54.